The van der Waals surface area contributed by atoms with Crippen molar-refractivity contribution in [3.63, 3.8) is 0 Å². The van der Waals surface area contributed by atoms with Crippen molar-refractivity contribution < 1.29 is 14.2 Å². The van der Waals surface area contributed by atoms with E-state index in [-0.39, 0.29) is 24.6 Å². The molecule has 1 atom stereocenters. The van der Waals surface area contributed by atoms with Crippen LogP contribution < -0.4 is 0 Å². The number of rotatable bonds is 6. The van der Waals surface area contributed by atoms with Crippen molar-refractivity contribution in [2.75, 3.05) is 19.7 Å². The van der Waals surface area contributed by atoms with E-state index in [9.17, 15) is 9.50 Å². The summed E-state index contributed by atoms with van der Waals surface area (Å²) < 4.78 is 18.8. The number of hydrogen-bond donors (Lipinski definition) is 1. The monoisotopic (exact) mass is 281 g/mol. The van der Waals surface area contributed by atoms with E-state index in [1.165, 1.54) is 12.5 Å². The molecule has 1 heterocycles. The zero-order valence-corrected chi connectivity index (χ0v) is 12.3. The van der Waals surface area contributed by atoms with E-state index in [0.717, 1.165) is 13.0 Å². The molecule has 1 aromatic carbocycles. The van der Waals surface area contributed by atoms with Crippen LogP contribution in [-0.4, -0.2) is 41.3 Å². The van der Waals surface area contributed by atoms with Gasteiger partial charge in [0.1, 0.15) is 5.82 Å². The van der Waals surface area contributed by atoms with Crippen LogP contribution in [0.3, 0.4) is 0 Å². The van der Waals surface area contributed by atoms with Crippen molar-refractivity contribution in [1.29, 1.82) is 0 Å². The van der Waals surface area contributed by atoms with Gasteiger partial charge in [-0.1, -0.05) is 18.2 Å². The molecule has 112 valence electrons. The number of aliphatic hydroxyl groups is 1. The molecule has 1 unspecified atom stereocenters. The van der Waals surface area contributed by atoms with E-state index >= 15 is 0 Å². The van der Waals surface area contributed by atoms with Gasteiger partial charge in [0.15, 0.2) is 0 Å². The number of hydrogen-bond acceptors (Lipinski definition) is 3. The fraction of sp³-hybridized carbons (Fsp3) is 0.625. The SMILES string of the molecule is CC1(C)CCCN1CC(O)COCc1ccccc1F. The molecule has 0 aromatic heterocycles. The molecular formula is C16H24FNO2. The minimum absolute atomic E-state index is 0.159. The van der Waals surface area contributed by atoms with Crippen LogP contribution in [0.4, 0.5) is 4.39 Å². The average molecular weight is 281 g/mol. The lowest BCUT2D eigenvalue weighted by Crippen LogP contribution is -2.43. The minimum Gasteiger partial charge on any atom is -0.389 e. The smallest absolute Gasteiger partial charge is 0.128 e. The van der Waals surface area contributed by atoms with Crippen LogP contribution in [0.5, 0.6) is 0 Å². The first kappa shape index (κ1) is 15.4. The van der Waals surface area contributed by atoms with E-state index < -0.39 is 6.10 Å². The average Bonchev–Trinajstić information content (AvgIpc) is 2.71. The molecule has 2 rings (SSSR count). The molecule has 1 aliphatic rings. The van der Waals surface area contributed by atoms with Gasteiger partial charge in [-0.15, -0.1) is 0 Å². The Bertz CT molecular complexity index is 436. The maximum absolute atomic E-state index is 13.4. The molecule has 0 radical (unpaired) electrons. The van der Waals surface area contributed by atoms with Gasteiger partial charge < -0.3 is 9.84 Å². The summed E-state index contributed by atoms with van der Waals surface area (Å²) in [5.41, 5.74) is 0.688. The molecule has 0 bridgehead atoms. The van der Waals surface area contributed by atoms with Crippen LogP contribution in [0.25, 0.3) is 0 Å². The van der Waals surface area contributed by atoms with Gasteiger partial charge in [0.05, 0.1) is 19.3 Å². The Labute approximate surface area is 120 Å². The molecule has 1 fully saturated rings. The molecule has 3 nitrogen and oxygen atoms in total. The van der Waals surface area contributed by atoms with E-state index in [0.29, 0.717) is 12.1 Å². The van der Waals surface area contributed by atoms with Crippen LogP contribution in [0.1, 0.15) is 32.3 Å². The Kier molecular flexibility index (Phi) is 5.13. The molecule has 1 N–H and O–H groups in total. The van der Waals surface area contributed by atoms with Crippen LogP contribution in [0, 0.1) is 5.82 Å². The molecule has 0 spiro atoms. The molecule has 1 saturated heterocycles. The Balaban J connectivity index is 1.73. The quantitative estimate of drug-likeness (QED) is 0.870. The van der Waals surface area contributed by atoms with Crippen molar-refractivity contribution in [3.05, 3.63) is 35.6 Å². The van der Waals surface area contributed by atoms with Gasteiger partial charge in [0.25, 0.3) is 0 Å². The fourth-order valence-electron chi connectivity index (χ4n) is 2.73. The number of likely N-dealkylation sites (tertiary alicyclic amines) is 1. The Hall–Kier alpha value is -0.970. The molecule has 20 heavy (non-hydrogen) atoms. The van der Waals surface area contributed by atoms with Crippen molar-refractivity contribution in [2.24, 2.45) is 0 Å². The molecule has 0 aliphatic carbocycles. The third-order valence-electron chi connectivity index (χ3n) is 4.03. The second-order valence-electron chi connectivity index (χ2n) is 6.12. The van der Waals surface area contributed by atoms with E-state index in [4.69, 9.17) is 4.74 Å². The molecule has 1 aromatic rings. The largest absolute Gasteiger partial charge is 0.389 e. The zero-order valence-electron chi connectivity index (χ0n) is 12.3. The van der Waals surface area contributed by atoms with Crippen LogP contribution in [-0.2, 0) is 11.3 Å². The Morgan fingerprint density at radius 1 is 1.40 bits per heavy atom. The highest BCUT2D eigenvalue weighted by Gasteiger charge is 2.32. The summed E-state index contributed by atoms with van der Waals surface area (Å²) in [6.45, 7) is 6.48. The minimum atomic E-state index is -0.529. The number of aliphatic hydroxyl groups excluding tert-OH is 1. The number of β-amino-alcohol motifs (C(OH)–C–C–N with tert-alkyl or cyclic N) is 1. The van der Waals surface area contributed by atoms with Crippen LogP contribution in [0.2, 0.25) is 0 Å². The highest BCUT2D eigenvalue weighted by atomic mass is 19.1. The van der Waals surface area contributed by atoms with Crippen molar-refractivity contribution in [1.82, 2.24) is 4.90 Å². The summed E-state index contributed by atoms with van der Waals surface area (Å²) in [4.78, 5) is 2.30. The Morgan fingerprint density at radius 2 is 2.15 bits per heavy atom. The third kappa shape index (κ3) is 4.01. The van der Waals surface area contributed by atoms with E-state index in [1.54, 1.807) is 18.2 Å². The van der Waals surface area contributed by atoms with Gasteiger partial charge in [-0.3, -0.25) is 4.90 Å². The fourth-order valence-corrected chi connectivity index (χ4v) is 2.73. The highest BCUT2D eigenvalue weighted by molar-refractivity contribution is 5.16. The molecular weight excluding hydrogens is 257 g/mol. The first-order chi connectivity index (χ1) is 9.49. The molecule has 4 heteroatoms. The lowest BCUT2D eigenvalue weighted by Gasteiger charge is -2.33. The lowest BCUT2D eigenvalue weighted by molar-refractivity contribution is -0.00102. The number of nitrogens with zero attached hydrogens (tertiary/aromatic N) is 1. The first-order valence-electron chi connectivity index (χ1n) is 7.23. The van der Waals surface area contributed by atoms with Crippen LogP contribution >= 0.6 is 0 Å². The van der Waals surface area contributed by atoms with Crippen molar-refractivity contribution in [3.8, 4) is 0 Å². The normalized spacial score (nSPS) is 20.2. The summed E-state index contributed by atoms with van der Waals surface area (Å²) >= 11 is 0. The van der Waals surface area contributed by atoms with Crippen molar-refractivity contribution in [2.45, 2.75) is 44.9 Å². The third-order valence-corrected chi connectivity index (χ3v) is 4.03. The maximum atomic E-state index is 13.4. The van der Waals surface area contributed by atoms with Gasteiger partial charge in [-0.2, -0.15) is 0 Å². The predicted octanol–water partition coefficient (Wildman–Crippen LogP) is 2.58. The predicted molar refractivity (Wildman–Crippen MR) is 76.9 cm³/mol. The van der Waals surface area contributed by atoms with E-state index in [2.05, 4.69) is 18.7 Å². The molecule has 0 saturated carbocycles. The van der Waals surface area contributed by atoms with Crippen LogP contribution in [0.15, 0.2) is 24.3 Å². The number of benzene rings is 1. The van der Waals surface area contributed by atoms with Gasteiger partial charge in [-0.25, -0.2) is 4.39 Å². The number of halogens is 1. The van der Waals surface area contributed by atoms with E-state index in [1.807, 2.05) is 0 Å². The van der Waals surface area contributed by atoms with Crippen molar-refractivity contribution >= 4 is 0 Å². The van der Waals surface area contributed by atoms with Gasteiger partial charge in [-0.05, 0) is 39.3 Å². The van der Waals surface area contributed by atoms with Gasteiger partial charge >= 0.3 is 0 Å². The lowest BCUT2D eigenvalue weighted by atomic mass is 10.0. The van der Waals surface area contributed by atoms with Gasteiger partial charge in [0, 0.05) is 17.6 Å². The second-order valence-corrected chi connectivity index (χ2v) is 6.12. The zero-order chi connectivity index (χ0) is 14.6. The molecule has 1 aliphatic heterocycles. The summed E-state index contributed by atoms with van der Waals surface area (Å²) in [5, 5.41) is 10.0. The second kappa shape index (κ2) is 6.66. The standard InChI is InChI=1S/C16H24FNO2/c1-16(2)8-5-9-18(16)10-14(19)12-20-11-13-6-3-4-7-15(13)17/h3-4,6-7,14,19H,5,8-12H2,1-2H3. The summed E-state index contributed by atoms with van der Waals surface area (Å²) in [5.74, 6) is -0.261. The summed E-state index contributed by atoms with van der Waals surface area (Å²) in [6.07, 6.45) is 1.81. The topological polar surface area (TPSA) is 32.7 Å². The first-order valence-corrected chi connectivity index (χ1v) is 7.23. The maximum Gasteiger partial charge on any atom is 0.128 e. The Morgan fingerprint density at radius 3 is 2.80 bits per heavy atom. The van der Waals surface area contributed by atoms with Gasteiger partial charge in [0.2, 0.25) is 0 Å². The summed E-state index contributed by atoms with van der Waals surface area (Å²) in [7, 11) is 0. The number of ether oxygens (including phenoxy) is 1. The summed E-state index contributed by atoms with van der Waals surface area (Å²) in [6, 6.07) is 6.56. The highest BCUT2D eigenvalue weighted by Crippen LogP contribution is 2.27. The molecule has 0 amide bonds.